The zero-order valence-corrected chi connectivity index (χ0v) is 16.9. The van der Waals surface area contributed by atoms with Crippen LogP contribution in [0.4, 0.5) is 22.7 Å². The predicted octanol–water partition coefficient (Wildman–Crippen LogP) is 4.21. The van der Waals surface area contributed by atoms with Crippen LogP contribution in [0.5, 0.6) is 0 Å². The minimum Gasteiger partial charge on any atom is -0.376 e. The van der Waals surface area contributed by atoms with E-state index in [4.69, 9.17) is 0 Å². The average molecular weight is 396 g/mol. The Bertz CT molecular complexity index is 834. The summed E-state index contributed by atoms with van der Waals surface area (Å²) >= 11 is 0. The first-order valence-electron chi connectivity index (χ1n) is 9.83. The van der Waals surface area contributed by atoms with Gasteiger partial charge >= 0.3 is 0 Å². The Kier molecular flexibility index (Phi) is 8.69. The Morgan fingerprint density at radius 2 is 1.14 bits per heavy atom. The van der Waals surface area contributed by atoms with Crippen LogP contribution in [0.2, 0.25) is 0 Å². The van der Waals surface area contributed by atoms with E-state index in [1.54, 1.807) is 36.4 Å². The fraction of sp³-hybridized carbons (Fsp3) is 0.318. The third kappa shape index (κ3) is 8.04. The van der Waals surface area contributed by atoms with Crippen LogP contribution >= 0.6 is 0 Å². The fourth-order valence-corrected chi connectivity index (χ4v) is 2.63. The third-order valence-electron chi connectivity index (χ3n) is 4.01. The van der Waals surface area contributed by atoms with Crippen molar-refractivity contribution in [3.63, 3.8) is 0 Å². The van der Waals surface area contributed by atoms with Gasteiger partial charge in [0.05, 0.1) is 6.54 Å². The Morgan fingerprint density at radius 1 is 0.655 bits per heavy atom. The lowest BCUT2D eigenvalue weighted by Gasteiger charge is -2.10. The van der Waals surface area contributed by atoms with Crippen LogP contribution in [-0.4, -0.2) is 24.3 Å². The second-order valence-corrected chi connectivity index (χ2v) is 6.66. The number of hydrogen-bond acceptors (Lipinski definition) is 4. The van der Waals surface area contributed by atoms with Gasteiger partial charge in [0, 0.05) is 35.6 Å². The molecule has 0 fully saturated rings. The quantitative estimate of drug-likeness (QED) is 0.483. The lowest BCUT2D eigenvalue weighted by Crippen LogP contribution is -2.21. The van der Waals surface area contributed by atoms with Crippen molar-refractivity contribution in [3.8, 4) is 0 Å². The largest absolute Gasteiger partial charge is 0.376 e. The molecule has 2 aromatic carbocycles. The van der Waals surface area contributed by atoms with Gasteiger partial charge < -0.3 is 21.3 Å². The van der Waals surface area contributed by atoms with Crippen molar-refractivity contribution in [2.45, 2.75) is 39.5 Å². The van der Waals surface area contributed by atoms with Gasteiger partial charge in [-0.2, -0.15) is 0 Å². The second-order valence-electron chi connectivity index (χ2n) is 6.66. The van der Waals surface area contributed by atoms with Crippen molar-refractivity contribution in [1.29, 1.82) is 0 Å². The number of anilines is 4. The smallest absolute Gasteiger partial charge is 0.243 e. The molecule has 0 atom stereocenters. The highest BCUT2D eigenvalue weighted by Gasteiger charge is 2.05. The van der Waals surface area contributed by atoms with E-state index in [2.05, 4.69) is 21.3 Å². The SMILES string of the molecule is CCCC(=O)Nc1ccc(NC(=O)CNc2cccc(NC(=O)CCC)c2)cc1. The van der Waals surface area contributed by atoms with E-state index >= 15 is 0 Å². The lowest BCUT2D eigenvalue weighted by molar-refractivity contribution is -0.117. The number of benzene rings is 2. The summed E-state index contributed by atoms with van der Waals surface area (Å²) in [7, 11) is 0. The average Bonchev–Trinajstić information content (AvgIpc) is 2.68. The molecule has 0 aliphatic heterocycles. The van der Waals surface area contributed by atoms with Crippen molar-refractivity contribution >= 4 is 40.5 Å². The number of carbonyl (C=O) groups is 3. The molecule has 7 nitrogen and oxygen atoms in total. The molecule has 7 heteroatoms. The molecule has 0 aromatic heterocycles. The van der Waals surface area contributed by atoms with Crippen LogP contribution in [0.15, 0.2) is 48.5 Å². The summed E-state index contributed by atoms with van der Waals surface area (Å²) in [5, 5.41) is 11.5. The Hall–Kier alpha value is -3.35. The van der Waals surface area contributed by atoms with Crippen molar-refractivity contribution in [3.05, 3.63) is 48.5 Å². The molecule has 0 spiro atoms. The summed E-state index contributed by atoms with van der Waals surface area (Å²) in [6, 6.07) is 14.2. The number of amides is 3. The zero-order chi connectivity index (χ0) is 21.1. The molecule has 0 heterocycles. The zero-order valence-electron chi connectivity index (χ0n) is 16.9. The molecule has 0 unspecified atom stereocenters. The van der Waals surface area contributed by atoms with Crippen LogP contribution in [0.1, 0.15) is 39.5 Å². The molecular weight excluding hydrogens is 368 g/mol. The van der Waals surface area contributed by atoms with Gasteiger partial charge in [-0.1, -0.05) is 19.9 Å². The maximum absolute atomic E-state index is 12.2. The molecule has 154 valence electrons. The molecule has 0 aliphatic rings. The minimum atomic E-state index is -0.201. The first kappa shape index (κ1) is 21.9. The van der Waals surface area contributed by atoms with E-state index in [1.807, 2.05) is 26.0 Å². The van der Waals surface area contributed by atoms with Gasteiger partial charge in [-0.25, -0.2) is 0 Å². The van der Waals surface area contributed by atoms with Crippen molar-refractivity contribution < 1.29 is 14.4 Å². The summed E-state index contributed by atoms with van der Waals surface area (Å²) in [6.07, 6.45) is 2.53. The highest BCUT2D eigenvalue weighted by Crippen LogP contribution is 2.16. The maximum Gasteiger partial charge on any atom is 0.243 e. The van der Waals surface area contributed by atoms with E-state index in [0.29, 0.717) is 29.9 Å². The standard InChI is InChI=1S/C22H28N4O3/c1-3-6-20(27)24-16-10-12-17(13-11-16)25-22(29)15-23-18-8-5-9-19(14-18)26-21(28)7-4-2/h5,8-14,23H,3-4,6-7,15H2,1-2H3,(H,24,27)(H,25,29)(H,26,28). The fourth-order valence-electron chi connectivity index (χ4n) is 2.63. The molecule has 2 rings (SSSR count). The van der Waals surface area contributed by atoms with E-state index < -0.39 is 0 Å². The maximum atomic E-state index is 12.2. The molecule has 2 aromatic rings. The normalized spacial score (nSPS) is 10.1. The number of hydrogen-bond donors (Lipinski definition) is 4. The van der Waals surface area contributed by atoms with Gasteiger partial charge in [0.25, 0.3) is 0 Å². The van der Waals surface area contributed by atoms with Gasteiger partial charge in [-0.3, -0.25) is 14.4 Å². The first-order valence-corrected chi connectivity index (χ1v) is 9.83. The highest BCUT2D eigenvalue weighted by atomic mass is 16.2. The summed E-state index contributed by atoms with van der Waals surface area (Å²) in [4.78, 5) is 35.5. The van der Waals surface area contributed by atoms with Crippen molar-refractivity contribution in [1.82, 2.24) is 0 Å². The van der Waals surface area contributed by atoms with Crippen LogP contribution in [0.25, 0.3) is 0 Å². The molecule has 4 N–H and O–H groups in total. The Labute approximate surface area is 171 Å². The topological polar surface area (TPSA) is 99.3 Å². The molecule has 29 heavy (non-hydrogen) atoms. The van der Waals surface area contributed by atoms with Crippen LogP contribution in [0.3, 0.4) is 0 Å². The Balaban J connectivity index is 1.82. The molecule has 0 aliphatic carbocycles. The van der Waals surface area contributed by atoms with Gasteiger partial charge in [-0.05, 0) is 55.3 Å². The van der Waals surface area contributed by atoms with E-state index in [-0.39, 0.29) is 24.3 Å². The predicted molar refractivity (Wildman–Crippen MR) is 117 cm³/mol. The molecule has 0 radical (unpaired) electrons. The van der Waals surface area contributed by atoms with Crippen LogP contribution < -0.4 is 21.3 Å². The molecule has 3 amide bonds. The van der Waals surface area contributed by atoms with Gasteiger partial charge in [0.1, 0.15) is 0 Å². The van der Waals surface area contributed by atoms with Crippen molar-refractivity contribution in [2.24, 2.45) is 0 Å². The summed E-state index contributed by atoms with van der Waals surface area (Å²) in [5.41, 5.74) is 2.77. The molecule has 0 bridgehead atoms. The number of carbonyl (C=O) groups excluding carboxylic acids is 3. The molecule has 0 saturated carbocycles. The van der Waals surface area contributed by atoms with Crippen LogP contribution in [0, 0.1) is 0 Å². The van der Waals surface area contributed by atoms with E-state index in [0.717, 1.165) is 18.5 Å². The van der Waals surface area contributed by atoms with Gasteiger partial charge in [-0.15, -0.1) is 0 Å². The molecule has 0 saturated heterocycles. The third-order valence-corrected chi connectivity index (χ3v) is 4.01. The Morgan fingerprint density at radius 3 is 1.69 bits per heavy atom. The van der Waals surface area contributed by atoms with Crippen LogP contribution in [-0.2, 0) is 14.4 Å². The summed E-state index contributed by atoms with van der Waals surface area (Å²) in [5.74, 6) is -0.258. The van der Waals surface area contributed by atoms with E-state index in [1.165, 1.54) is 0 Å². The number of rotatable bonds is 10. The van der Waals surface area contributed by atoms with Crippen molar-refractivity contribution in [2.75, 3.05) is 27.8 Å². The number of nitrogens with one attached hydrogen (secondary N) is 4. The summed E-state index contributed by atoms with van der Waals surface area (Å²) in [6.45, 7) is 3.98. The monoisotopic (exact) mass is 396 g/mol. The minimum absolute atomic E-state index is 0.0263. The van der Waals surface area contributed by atoms with Gasteiger partial charge in [0.2, 0.25) is 17.7 Å². The van der Waals surface area contributed by atoms with E-state index in [9.17, 15) is 14.4 Å². The summed E-state index contributed by atoms with van der Waals surface area (Å²) < 4.78 is 0. The van der Waals surface area contributed by atoms with Gasteiger partial charge in [0.15, 0.2) is 0 Å². The first-order chi connectivity index (χ1) is 14.0. The lowest BCUT2D eigenvalue weighted by atomic mass is 10.2. The highest BCUT2D eigenvalue weighted by molar-refractivity contribution is 5.95. The molecular formula is C22H28N4O3. The second kappa shape index (κ2) is 11.5.